The molecule has 20 heavy (non-hydrogen) atoms. The van der Waals surface area contributed by atoms with Crippen molar-refractivity contribution in [3.05, 3.63) is 22.8 Å². The second-order valence-electron chi connectivity index (χ2n) is 4.30. The molecule has 0 aromatic rings. The second-order valence-corrected chi connectivity index (χ2v) is 4.30. The van der Waals surface area contributed by atoms with Crippen LogP contribution >= 0.6 is 0 Å². The highest BCUT2D eigenvalue weighted by atomic mass is 16.5. The zero-order valence-corrected chi connectivity index (χ0v) is 10.9. The summed E-state index contributed by atoms with van der Waals surface area (Å²) in [5.74, 6) is -1.31. The molecular weight excluding hydrogens is 254 g/mol. The van der Waals surface area contributed by atoms with Gasteiger partial charge in [-0.15, -0.1) is 0 Å². The smallest absolute Gasteiger partial charge is 0.210 e. The molecule has 1 rings (SSSR count). The molecule has 0 amide bonds. The monoisotopic (exact) mass is 263 g/mol. The van der Waals surface area contributed by atoms with Gasteiger partial charge in [-0.05, 0) is 19.9 Å². The summed E-state index contributed by atoms with van der Waals surface area (Å²) >= 11 is 0. The van der Waals surface area contributed by atoms with Gasteiger partial charge >= 0.3 is 0 Å². The third kappa shape index (κ3) is 2.11. The van der Waals surface area contributed by atoms with E-state index in [0.717, 1.165) is 6.08 Å². The maximum absolute atomic E-state index is 9.43. The van der Waals surface area contributed by atoms with Crippen molar-refractivity contribution in [2.24, 2.45) is 5.92 Å². The first-order chi connectivity index (χ1) is 9.50. The van der Waals surface area contributed by atoms with Crippen LogP contribution < -0.4 is 0 Å². The molecule has 0 saturated heterocycles. The first-order valence-electron chi connectivity index (χ1n) is 5.66. The van der Waals surface area contributed by atoms with E-state index in [1.807, 2.05) is 12.1 Å². The Kier molecular flexibility index (Phi) is 4.25. The van der Waals surface area contributed by atoms with E-state index in [4.69, 9.17) is 15.3 Å². The molecule has 0 spiro atoms. The first-order valence-corrected chi connectivity index (χ1v) is 5.66. The molecule has 96 valence electrons. The Morgan fingerprint density at radius 2 is 1.75 bits per heavy atom. The summed E-state index contributed by atoms with van der Waals surface area (Å²) in [6, 6.07) is 8.96. The Morgan fingerprint density at radius 1 is 1.10 bits per heavy atom. The van der Waals surface area contributed by atoms with Crippen LogP contribution in [0.5, 0.6) is 0 Å². The highest BCUT2D eigenvalue weighted by Gasteiger charge is 2.50. The summed E-state index contributed by atoms with van der Waals surface area (Å²) in [4.78, 5) is 0. The fourth-order valence-electron chi connectivity index (χ4n) is 1.99. The molecule has 0 radical (unpaired) electrons. The second kappa shape index (κ2) is 5.69. The van der Waals surface area contributed by atoms with Gasteiger partial charge in [0.1, 0.15) is 18.1 Å². The average molecular weight is 263 g/mol. The molecule has 1 aliphatic carbocycles. The van der Waals surface area contributed by atoms with Gasteiger partial charge in [-0.25, -0.2) is 0 Å². The van der Waals surface area contributed by atoms with Crippen LogP contribution in [0.4, 0.5) is 0 Å². The van der Waals surface area contributed by atoms with Crippen LogP contribution in [0.2, 0.25) is 0 Å². The van der Waals surface area contributed by atoms with Gasteiger partial charge in [-0.1, -0.05) is 0 Å². The van der Waals surface area contributed by atoms with Gasteiger partial charge < -0.3 is 4.74 Å². The lowest BCUT2D eigenvalue weighted by Crippen LogP contribution is -2.45. The van der Waals surface area contributed by atoms with E-state index in [1.165, 1.54) is 0 Å². The number of nitriles is 5. The van der Waals surface area contributed by atoms with E-state index in [0.29, 0.717) is 0 Å². The van der Waals surface area contributed by atoms with Crippen LogP contribution in [-0.4, -0.2) is 11.7 Å². The summed E-state index contributed by atoms with van der Waals surface area (Å²) in [5.41, 5.74) is -2.25. The Labute approximate surface area is 116 Å². The summed E-state index contributed by atoms with van der Waals surface area (Å²) in [7, 11) is 0. The normalized spacial score (nSPS) is 24.7. The van der Waals surface area contributed by atoms with Gasteiger partial charge in [0.15, 0.2) is 0 Å². The van der Waals surface area contributed by atoms with Crippen LogP contribution in [0.25, 0.3) is 0 Å². The molecule has 0 aromatic carbocycles. The lowest BCUT2D eigenvalue weighted by molar-refractivity contribution is -0.0312. The van der Waals surface area contributed by atoms with Gasteiger partial charge in [-0.3, -0.25) is 0 Å². The fourth-order valence-corrected chi connectivity index (χ4v) is 1.99. The Hall–Kier alpha value is -3.11. The van der Waals surface area contributed by atoms with Crippen molar-refractivity contribution in [1.82, 2.24) is 0 Å². The Balaban J connectivity index is 3.69. The summed E-state index contributed by atoms with van der Waals surface area (Å²) in [5, 5.41) is 46.0. The molecule has 0 fully saturated rings. The summed E-state index contributed by atoms with van der Waals surface area (Å²) in [6.45, 7) is 3.30. The lowest BCUT2D eigenvalue weighted by Gasteiger charge is -2.34. The fraction of sp³-hybridized carbons (Fsp3) is 0.357. The van der Waals surface area contributed by atoms with E-state index in [2.05, 4.69) is 0 Å². The Morgan fingerprint density at radius 3 is 2.10 bits per heavy atom. The van der Waals surface area contributed by atoms with E-state index >= 15 is 0 Å². The summed E-state index contributed by atoms with van der Waals surface area (Å²) in [6.07, 6.45) is 0.698. The number of allylic oxidation sites excluding steroid dienone is 2. The van der Waals surface area contributed by atoms with E-state index < -0.39 is 17.6 Å². The number of nitrogens with zero attached hydrogens (tertiary/aromatic N) is 5. The predicted molar refractivity (Wildman–Crippen MR) is 65.6 cm³/mol. The van der Waals surface area contributed by atoms with Gasteiger partial charge in [-0.2, -0.15) is 26.3 Å². The van der Waals surface area contributed by atoms with Gasteiger partial charge in [0.25, 0.3) is 0 Å². The highest BCUT2D eigenvalue weighted by Crippen LogP contribution is 2.40. The molecule has 2 unspecified atom stereocenters. The third-order valence-corrected chi connectivity index (χ3v) is 2.75. The lowest BCUT2D eigenvalue weighted by atomic mass is 9.73. The van der Waals surface area contributed by atoms with Crippen molar-refractivity contribution in [2.45, 2.75) is 25.6 Å². The van der Waals surface area contributed by atoms with Crippen LogP contribution in [0.3, 0.4) is 0 Å². The molecule has 1 aliphatic rings. The molecule has 0 aliphatic heterocycles. The van der Waals surface area contributed by atoms with Crippen LogP contribution in [0.1, 0.15) is 13.8 Å². The summed E-state index contributed by atoms with van der Waals surface area (Å²) < 4.78 is 5.49. The minimum Gasteiger partial charge on any atom is -0.351 e. The third-order valence-electron chi connectivity index (χ3n) is 2.75. The van der Waals surface area contributed by atoms with Crippen LogP contribution in [-0.2, 0) is 4.74 Å². The predicted octanol–water partition coefficient (Wildman–Crippen LogP) is 1.62. The minimum atomic E-state index is -1.86. The van der Waals surface area contributed by atoms with Crippen LogP contribution in [0.15, 0.2) is 22.8 Å². The SMILES string of the molecule is CC(C)OC1(C#N)C(C#N)=CC(C#N)=C(C#N)C1C#N. The molecular formula is C14H9N5O. The van der Waals surface area contributed by atoms with E-state index in [-0.39, 0.29) is 16.7 Å². The van der Waals surface area contributed by atoms with E-state index in [1.54, 1.807) is 32.1 Å². The largest absolute Gasteiger partial charge is 0.351 e. The maximum Gasteiger partial charge on any atom is 0.210 e. The number of hydrogen-bond donors (Lipinski definition) is 0. The van der Waals surface area contributed by atoms with E-state index in [9.17, 15) is 15.8 Å². The molecule has 0 heterocycles. The van der Waals surface area contributed by atoms with Crippen molar-refractivity contribution >= 4 is 0 Å². The average Bonchev–Trinajstić information content (AvgIpc) is 2.45. The first kappa shape index (κ1) is 14.9. The highest BCUT2D eigenvalue weighted by molar-refractivity contribution is 5.61. The van der Waals surface area contributed by atoms with Crippen molar-refractivity contribution in [3.8, 4) is 30.3 Å². The molecule has 2 atom stereocenters. The van der Waals surface area contributed by atoms with Gasteiger partial charge in [0.2, 0.25) is 5.60 Å². The quantitative estimate of drug-likeness (QED) is 0.744. The standard InChI is InChI=1S/C14H9N5O/c1-9(2)20-14(8-19)11(5-16)3-10(4-15)12(6-17)13(14)7-18/h3,9,13H,1-2H3. The zero-order chi connectivity index (χ0) is 15.3. The zero-order valence-electron chi connectivity index (χ0n) is 10.9. The molecule has 0 N–H and O–H groups in total. The molecule has 6 heteroatoms. The molecule has 0 bridgehead atoms. The van der Waals surface area contributed by atoms with Crippen molar-refractivity contribution in [1.29, 1.82) is 26.3 Å². The maximum atomic E-state index is 9.43. The number of hydrogen-bond acceptors (Lipinski definition) is 6. The van der Waals surface area contributed by atoms with Crippen molar-refractivity contribution in [2.75, 3.05) is 0 Å². The number of rotatable bonds is 2. The number of ether oxygens (including phenoxy) is 1. The molecule has 0 aromatic heterocycles. The van der Waals surface area contributed by atoms with Gasteiger partial charge in [0.05, 0.1) is 41.0 Å². The Bertz CT molecular complexity index is 696. The molecule has 0 saturated carbocycles. The van der Waals surface area contributed by atoms with Crippen molar-refractivity contribution < 1.29 is 4.74 Å². The molecule has 6 nitrogen and oxygen atoms in total. The van der Waals surface area contributed by atoms with Crippen LogP contribution in [0, 0.1) is 62.6 Å². The van der Waals surface area contributed by atoms with Gasteiger partial charge in [0, 0.05) is 0 Å². The van der Waals surface area contributed by atoms with Crippen molar-refractivity contribution in [3.63, 3.8) is 0 Å². The minimum absolute atomic E-state index is 0.0890. The topological polar surface area (TPSA) is 128 Å².